The quantitative estimate of drug-likeness (QED) is 0.845. The first-order valence-electron chi connectivity index (χ1n) is 6.70. The van der Waals surface area contributed by atoms with Crippen LogP contribution in [0.15, 0.2) is 34.1 Å². The van der Waals surface area contributed by atoms with Crippen molar-refractivity contribution in [2.45, 2.75) is 28.8 Å². The minimum Gasteiger partial charge on any atom is -0.207 e. The Hall–Kier alpha value is -1.17. The maximum absolute atomic E-state index is 12.5. The number of nitrogens with one attached hydrogen (secondary N) is 1. The molecule has 130 valence electrons. The van der Waals surface area contributed by atoms with E-state index < -0.39 is 42.6 Å². The Morgan fingerprint density at radius 3 is 2.04 bits per heavy atom. The number of halogens is 3. The molecule has 1 fully saturated rings. The first-order chi connectivity index (χ1) is 10.5. The normalized spacial score (nSPS) is 17.5. The summed E-state index contributed by atoms with van der Waals surface area (Å²) in [5.74, 6) is 0. The van der Waals surface area contributed by atoms with Gasteiger partial charge in [0.1, 0.15) is 16.3 Å². The molecule has 2 rings (SSSR count). The molecule has 0 amide bonds. The second kappa shape index (κ2) is 6.38. The van der Waals surface area contributed by atoms with Gasteiger partial charge < -0.3 is 0 Å². The monoisotopic (exact) mass is 372 g/mol. The number of hydrogen-bond donors (Lipinski definition) is 1. The van der Waals surface area contributed by atoms with Crippen molar-refractivity contribution in [3.05, 3.63) is 24.3 Å². The maximum atomic E-state index is 12.5. The lowest BCUT2D eigenvalue weighted by atomic mass is 10.4. The zero-order valence-corrected chi connectivity index (χ0v) is 13.5. The summed E-state index contributed by atoms with van der Waals surface area (Å²) in [6.45, 7) is -1.26. The first kappa shape index (κ1) is 18.2. The van der Waals surface area contributed by atoms with Crippen molar-refractivity contribution in [1.82, 2.24) is 9.03 Å². The summed E-state index contributed by atoms with van der Waals surface area (Å²) in [6, 6.07) is 4.63. The topological polar surface area (TPSA) is 83.5 Å². The van der Waals surface area contributed by atoms with Gasteiger partial charge in [0.2, 0.25) is 20.0 Å². The molecule has 0 bridgehead atoms. The van der Waals surface area contributed by atoms with Crippen LogP contribution in [0.25, 0.3) is 0 Å². The number of hydrogen-bond acceptors (Lipinski definition) is 4. The summed E-state index contributed by atoms with van der Waals surface area (Å²) in [5.41, 5.74) is 0. The fraction of sp³-hybridized carbons (Fsp3) is 0.500. The first-order valence-corrected chi connectivity index (χ1v) is 9.62. The Balaban J connectivity index is 2.41. The van der Waals surface area contributed by atoms with E-state index in [0.717, 1.165) is 16.4 Å². The second-order valence-corrected chi connectivity index (χ2v) is 8.64. The van der Waals surface area contributed by atoms with E-state index in [1.54, 1.807) is 0 Å². The Bertz CT molecular complexity index is 770. The van der Waals surface area contributed by atoms with Gasteiger partial charge in [-0.15, -0.1) is 0 Å². The number of rotatable bonds is 5. The van der Waals surface area contributed by atoms with E-state index in [4.69, 9.17) is 0 Å². The van der Waals surface area contributed by atoms with Crippen LogP contribution < -0.4 is 4.72 Å². The van der Waals surface area contributed by atoms with Crippen LogP contribution in [0.2, 0.25) is 0 Å². The van der Waals surface area contributed by atoms with Gasteiger partial charge in [0.15, 0.2) is 0 Å². The Morgan fingerprint density at radius 2 is 1.52 bits per heavy atom. The van der Waals surface area contributed by atoms with Gasteiger partial charge >= 0.3 is 6.18 Å². The lowest BCUT2D eigenvalue weighted by molar-refractivity contribution is -0.121. The third-order valence-corrected chi connectivity index (χ3v) is 6.83. The SMILES string of the molecule is O=S(=O)(NCC(F)(F)F)c1ccccc1S(=O)(=O)N1CCCC1. The van der Waals surface area contributed by atoms with E-state index in [1.807, 2.05) is 0 Å². The molecule has 1 aromatic rings. The molecule has 23 heavy (non-hydrogen) atoms. The highest BCUT2D eigenvalue weighted by Gasteiger charge is 2.35. The van der Waals surface area contributed by atoms with E-state index in [9.17, 15) is 30.0 Å². The highest BCUT2D eigenvalue weighted by atomic mass is 32.2. The lowest BCUT2D eigenvalue weighted by Crippen LogP contribution is -2.35. The Labute approximate surface area is 132 Å². The predicted octanol–water partition coefficient (Wildman–Crippen LogP) is 1.31. The molecule has 1 aliphatic heterocycles. The fourth-order valence-electron chi connectivity index (χ4n) is 2.21. The molecule has 1 aliphatic rings. The zero-order chi connectivity index (χ0) is 17.3. The van der Waals surface area contributed by atoms with E-state index in [-0.39, 0.29) is 13.1 Å². The van der Waals surface area contributed by atoms with Gasteiger partial charge in [-0.1, -0.05) is 12.1 Å². The van der Waals surface area contributed by atoms with E-state index in [2.05, 4.69) is 0 Å². The van der Waals surface area contributed by atoms with Crippen molar-refractivity contribution >= 4 is 20.0 Å². The van der Waals surface area contributed by atoms with Crippen molar-refractivity contribution in [2.24, 2.45) is 0 Å². The average molecular weight is 372 g/mol. The molecule has 0 radical (unpaired) electrons. The van der Waals surface area contributed by atoms with Crippen molar-refractivity contribution in [3.63, 3.8) is 0 Å². The minimum absolute atomic E-state index is 0.257. The zero-order valence-electron chi connectivity index (χ0n) is 11.9. The molecule has 0 saturated carbocycles. The largest absolute Gasteiger partial charge is 0.402 e. The molecule has 1 N–H and O–H groups in total. The minimum atomic E-state index is -4.74. The Morgan fingerprint density at radius 1 is 1.00 bits per heavy atom. The standard InChI is InChI=1S/C12H15F3N2O4S2/c13-12(14,15)9-16-22(18,19)10-5-1-2-6-11(10)23(20,21)17-7-3-4-8-17/h1-2,5-6,16H,3-4,7-9H2. The van der Waals surface area contributed by atoms with E-state index in [0.29, 0.717) is 12.8 Å². The average Bonchev–Trinajstić information content (AvgIpc) is 2.99. The Kier molecular flexibility index (Phi) is 5.04. The molecular weight excluding hydrogens is 357 g/mol. The molecule has 1 aromatic carbocycles. The number of benzene rings is 1. The summed E-state index contributed by atoms with van der Waals surface area (Å²) in [6.07, 6.45) is -3.43. The molecule has 0 spiro atoms. The van der Waals surface area contributed by atoms with Crippen molar-refractivity contribution in [2.75, 3.05) is 19.6 Å². The van der Waals surface area contributed by atoms with Gasteiger partial charge in [-0.3, -0.25) is 0 Å². The van der Waals surface area contributed by atoms with Gasteiger partial charge in [-0.25, -0.2) is 21.6 Å². The van der Waals surface area contributed by atoms with Gasteiger partial charge in [0, 0.05) is 13.1 Å². The molecule has 0 unspecified atom stereocenters. The summed E-state index contributed by atoms with van der Waals surface area (Å²) >= 11 is 0. The third-order valence-electron chi connectivity index (χ3n) is 3.28. The summed E-state index contributed by atoms with van der Waals surface area (Å²) in [5, 5.41) is 0. The number of nitrogens with zero attached hydrogens (tertiary/aromatic N) is 1. The lowest BCUT2D eigenvalue weighted by Gasteiger charge is -2.18. The highest BCUT2D eigenvalue weighted by molar-refractivity contribution is 7.92. The van der Waals surface area contributed by atoms with E-state index in [1.165, 1.54) is 16.9 Å². The van der Waals surface area contributed by atoms with Crippen LogP contribution in [0.4, 0.5) is 13.2 Å². The van der Waals surface area contributed by atoms with Crippen LogP contribution >= 0.6 is 0 Å². The smallest absolute Gasteiger partial charge is 0.207 e. The number of alkyl halides is 3. The third kappa shape index (κ3) is 4.22. The van der Waals surface area contributed by atoms with Crippen LogP contribution in [-0.4, -0.2) is 47.0 Å². The van der Waals surface area contributed by atoms with Crippen LogP contribution in [0.5, 0.6) is 0 Å². The van der Waals surface area contributed by atoms with Crippen LogP contribution in [0.3, 0.4) is 0 Å². The summed E-state index contributed by atoms with van der Waals surface area (Å²) < 4.78 is 88.4. The van der Waals surface area contributed by atoms with Crippen LogP contribution in [0.1, 0.15) is 12.8 Å². The van der Waals surface area contributed by atoms with Gasteiger partial charge in [0.05, 0.1) is 0 Å². The molecule has 1 heterocycles. The van der Waals surface area contributed by atoms with Crippen molar-refractivity contribution < 1.29 is 30.0 Å². The summed E-state index contributed by atoms with van der Waals surface area (Å²) in [4.78, 5) is -1.20. The van der Waals surface area contributed by atoms with Crippen LogP contribution in [0, 0.1) is 0 Å². The van der Waals surface area contributed by atoms with Crippen molar-refractivity contribution in [1.29, 1.82) is 0 Å². The number of sulfonamides is 2. The molecule has 0 aromatic heterocycles. The van der Waals surface area contributed by atoms with Gasteiger partial charge in [-0.2, -0.15) is 17.5 Å². The highest BCUT2D eigenvalue weighted by Crippen LogP contribution is 2.27. The fourth-order valence-corrected chi connectivity index (χ4v) is 5.54. The molecule has 1 saturated heterocycles. The van der Waals surface area contributed by atoms with E-state index >= 15 is 0 Å². The second-order valence-electron chi connectivity index (χ2n) is 5.00. The predicted molar refractivity (Wildman–Crippen MR) is 75.7 cm³/mol. The molecule has 0 aliphatic carbocycles. The molecule has 0 atom stereocenters. The molecule has 6 nitrogen and oxygen atoms in total. The summed E-state index contributed by atoms with van der Waals surface area (Å²) in [7, 11) is -8.69. The molecule has 11 heteroatoms. The van der Waals surface area contributed by atoms with Gasteiger partial charge in [0.25, 0.3) is 0 Å². The molecular formula is C12H15F3N2O4S2. The maximum Gasteiger partial charge on any atom is 0.402 e. The van der Waals surface area contributed by atoms with Crippen molar-refractivity contribution in [3.8, 4) is 0 Å². The van der Waals surface area contributed by atoms with Gasteiger partial charge in [-0.05, 0) is 25.0 Å². The van der Waals surface area contributed by atoms with Crippen LogP contribution in [-0.2, 0) is 20.0 Å².